The molecule has 0 saturated heterocycles. The molecule has 0 radical (unpaired) electrons. The van der Waals surface area contributed by atoms with E-state index in [0.717, 1.165) is 6.42 Å². The first-order valence-corrected chi connectivity index (χ1v) is 9.24. The van der Waals surface area contributed by atoms with Gasteiger partial charge in [-0.05, 0) is 30.5 Å². The molecule has 0 fully saturated rings. The first-order chi connectivity index (χ1) is 13.5. The van der Waals surface area contributed by atoms with Crippen LogP contribution in [0.2, 0.25) is 0 Å². The van der Waals surface area contributed by atoms with Crippen LogP contribution in [0.15, 0.2) is 48.7 Å². The lowest BCUT2D eigenvalue weighted by Gasteiger charge is -2.06. The van der Waals surface area contributed by atoms with Crippen molar-refractivity contribution in [3.63, 3.8) is 0 Å². The number of benzene rings is 1. The average Bonchev–Trinajstić information content (AvgIpc) is 3.07. The van der Waals surface area contributed by atoms with Gasteiger partial charge in [0.05, 0.1) is 5.52 Å². The van der Waals surface area contributed by atoms with Gasteiger partial charge in [0.1, 0.15) is 5.82 Å². The standard InChI is InChI=1S/C21H23FN4O2/c1-14(2)10-11-23-21(28)19-25-18(17-9-5-6-12-26(17)19)20(27)24-13-15-7-3-4-8-16(15)22/h3-9,12,14H,10-11,13H2,1-2H3,(H,23,28)(H,24,27). The summed E-state index contributed by atoms with van der Waals surface area (Å²) in [7, 11) is 0. The molecule has 2 heterocycles. The Kier molecular flexibility index (Phi) is 6.03. The first-order valence-electron chi connectivity index (χ1n) is 9.24. The van der Waals surface area contributed by atoms with Crippen LogP contribution in [-0.4, -0.2) is 27.7 Å². The van der Waals surface area contributed by atoms with Gasteiger partial charge in [0, 0.05) is 24.8 Å². The van der Waals surface area contributed by atoms with Crippen molar-refractivity contribution in [3.05, 3.63) is 71.6 Å². The van der Waals surface area contributed by atoms with Crippen molar-refractivity contribution in [2.75, 3.05) is 6.54 Å². The number of hydrogen-bond donors (Lipinski definition) is 2. The Morgan fingerprint density at radius 3 is 2.57 bits per heavy atom. The van der Waals surface area contributed by atoms with Crippen molar-refractivity contribution in [2.24, 2.45) is 5.92 Å². The van der Waals surface area contributed by atoms with Gasteiger partial charge in [-0.2, -0.15) is 0 Å². The van der Waals surface area contributed by atoms with E-state index in [9.17, 15) is 14.0 Å². The van der Waals surface area contributed by atoms with Gasteiger partial charge in [-0.3, -0.25) is 14.0 Å². The summed E-state index contributed by atoms with van der Waals surface area (Å²) >= 11 is 0. The Balaban J connectivity index is 1.80. The van der Waals surface area contributed by atoms with Gasteiger partial charge in [-0.1, -0.05) is 38.1 Å². The third-order valence-electron chi connectivity index (χ3n) is 4.37. The van der Waals surface area contributed by atoms with Crippen molar-refractivity contribution >= 4 is 17.3 Å². The lowest BCUT2D eigenvalue weighted by Crippen LogP contribution is -2.27. The van der Waals surface area contributed by atoms with E-state index in [-0.39, 0.29) is 29.8 Å². The Bertz CT molecular complexity index is 997. The van der Waals surface area contributed by atoms with Crippen LogP contribution in [0.4, 0.5) is 4.39 Å². The highest BCUT2D eigenvalue weighted by Crippen LogP contribution is 2.14. The number of nitrogens with zero attached hydrogens (tertiary/aromatic N) is 2. The summed E-state index contributed by atoms with van der Waals surface area (Å²) in [4.78, 5) is 29.4. The molecule has 0 aliphatic carbocycles. The van der Waals surface area contributed by atoms with Crippen molar-refractivity contribution in [1.29, 1.82) is 0 Å². The molecule has 2 amide bonds. The summed E-state index contributed by atoms with van der Waals surface area (Å²) in [6.45, 7) is 4.73. The molecule has 3 aromatic rings. The number of aromatic nitrogens is 2. The average molecular weight is 382 g/mol. The van der Waals surface area contributed by atoms with E-state index in [2.05, 4.69) is 29.5 Å². The molecule has 0 unspecified atom stereocenters. The molecule has 0 bridgehead atoms. The summed E-state index contributed by atoms with van der Waals surface area (Å²) in [5.41, 5.74) is 1.03. The number of halogens is 1. The van der Waals surface area contributed by atoms with Gasteiger partial charge in [-0.15, -0.1) is 0 Å². The predicted molar refractivity (Wildman–Crippen MR) is 105 cm³/mol. The van der Waals surface area contributed by atoms with Gasteiger partial charge in [0.25, 0.3) is 11.8 Å². The van der Waals surface area contributed by atoms with Crippen molar-refractivity contribution < 1.29 is 14.0 Å². The minimum atomic E-state index is -0.465. The quantitative estimate of drug-likeness (QED) is 0.659. The summed E-state index contributed by atoms with van der Waals surface area (Å²) < 4.78 is 15.3. The number of nitrogens with one attached hydrogen (secondary N) is 2. The second-order valence-corrected chi connectivity index (χ2v) is 6.95. The van der Waals surface area contributed by atoms with Gasteiger partial charge in [0.15, 0.2) is 5.69 Å². The highest BCUT2D eigenvalue weighted by atomic mass is 19.1. The zero-order valence-corrected chi connectivity index (χ0v) is 15.9. The van der Waals surface area contributed by atoms with Crippen LogP contribution >= 0.6 is 0 Å². The highest BCUT2D eigenvalue weighted by molar-refractivity contribution is 6.02. The number of amides is 2. The monoisotopic (exact) mass is 382 g/mol. The Labute approximate surface area is 162 Å². The normalized spacial score (nSPS) is 11.0. The fraction of sp³-hybridized carbons (Fsp3) is 0.286. The minimum absolute atomic E-state index is 0.0350. The maximum atomic E-state index is 13.8. The lowest BCUT2D eigenvalue weighted by atomic mass is 10.1. The van der Waals surface area contributed by atoms with Crippen LogP contribution in [0.3, 0.4) is 0 Å². The number of carbonyl (C=O) groups excluding carboxylic acids is 2. The maximum Gasteiger partial charge on any atom is 0.287 e. The smallest absolute Gasteiger partial charge is 0.287 e. The molecule has 6 nitrogen and oxygen atoms in total. The molecular formula is C21H23FN4O2. The number of fused-ring (bicyclic) bond motifs is 1. The zero-order chi connectivity index (χ0) is 20.1. The molecule has 0 spiro atoms. The summed E-state index contributed by atoms with van der Waals surface area (Å²) in [5, 5.41) is 5.51. The van der Waals surface area contributed by atoms with E-state index in [1.54, 1.807) is 47.0 Å². The fourth-order valence-electron chi connectivity index (χ4n) is 2.82. The molecule has 0 saturated carbocycles. The number of hydrogen-bond acceptors (Lipinski definition) is 3. The van der Waals surface area contributed by atoms with Crippen molar-refractivity contribution in [3.8, 4) is 0 Å². The Hall–Kier alpha value is -3.22. The summed E-state index contributed by atoms with van der Waals surface area (Å²) in [6.07, 6.45) is 2.54. The molecular weight excluding hydrogens is 359 g/mol. The molecule has 0 aliphatic heterocycles. The molecule has 2 N–H and O–H groups in total. The van der Waals surface area contributed by atoms with E-state index in [0.29, 0.717) is 23.5 Å². The van der Waals surface area contributed by atoms with E-state index < -0.39 is 5.91 Å². The number of pyridine rings is 1. The maximum absolute atomic E-state index is 13.8. The number of imidazole rings is 1. The van der Waals surface area contributed by atoms with Gasteiger partial charge in [-0.25, -0.2) is 9.37 Å². The van der Waals surface area contributed by atoms with E-state index in [1.807, 2.05) is 0 Å². The number of carbonyl (C=O) groups is 2. The molecule has 0 aliphatic rings. The third-order valence-corrected chi connectivity index (χ3v) is 4.37. The fourth-order valence-corrected chi connectivity index (χ4v) is 2.82. The van der Waals surface area contributed by atoms with E-state index >= 15 is 0 Å². The van der Waals surface area contributed by atoms with Crippen LogP contribution in [-0.2, 0) is 6.54 Å². The minimum Gasteiger partial charge on any atom is -0.349 e. The molecule has 28 heavy (non-hydrogen) atoms. The predicted octanol–water partition coefficient (Wildman–Crippen LogP) is 3.18. The molecule has 0 atom stereocenters. The van der Waals surface area contributed by atoms with E-state index in [1.165, 1.54) is 6.07 Å². The topological polar surface area (TPSA) is 75.5 Å². The largest absolute Gasteiger partial charge is 0.349 e. The summed E-state index contributed by atoms with van der Waals surface area (Å²) in [5.74, 6) is -0.571. The Morgan fingerprint density at radius 1 is 1.07 bits per heavy atom. The van der Waals surface area contributed by atoms with Crippen molar-refractivity contribution in [2.45, 2.75) is 26.8 Å². The second kappa shape index (κ2) is 8.65. The van der Waals surface area contributed by atoms with Crippen molar-refractivity contribution in [1.82, 2.24) is 20.0 Å². The molecule has 2 aromatic heterocycles. The van der Waals surface area contributed by atoms with Gasteiger partial charge < -0.3 is 10.6 Å². The van der Waals surface area contributed by atoms with Crippen LogP contribution in [0.25, 0.3) is 5.52 Å². The molecule has 1 aromatic carbocycles. The van der Waals surface area contributed by atoms with E-state index in [4.69, 9.17) is 0 Å². The molecule has 146 valence electrons. The molecule has 7 heteroatoms. The zero-order valence-electron chi connectivity index (χ0n) is 15.9. The molecule has 3 rings (SSSR count). The van der Waals surface area contributed by atoms with Gasteiger partial charge >= 0.3 is 0 Å². The first kappa shape index (κ1) is 19.5. The third kappa shape index (κ3) is 4.36. The van der Waals surface area contributed by atoms with Crippen LogP contribution in [0.1, 0.15) is 46.9 Å². The lowest BCUT2D eigenvalue weighted by molar-refractivity contribution is 0.0941. The van der Waals surface area contributed by atoms with Gasteiger partial charge in [0.2, 0.25) is 5.82 Å². The van der Waals surface area contributed by atoms with Crippen LogP contribution in [0.5, 0.6) is 0 Å². The summed E-state index contributed by atoms with van der Waals surface area (Å²) in [6, 6.07) is 11.5. The second-order valence-electron chi connectivity index (χ2n) is 6.95. The SMILES string of the molecule is CC(C)CCNC(=O)c1nc(C(=O)NCc2ccccc2F)c2ccccn12. The van der Waals surface area contributed by atoms with Crippen LogP contribution < -0.4 is 10.6 Å². The Morgan fingerprint density at radius 2 is 1.82 bits per heavy atom. The number of rotatable bonds is 7. The van der Waals surface area contributed by atoms with Crippen LogP contribution in [0, 0.1) is 11.7 Å². The highest BCUT2D eigenvalue weighted by Gasteiger charge is 2.21.